The monoisotopic (exact) mass is 488 g/mol. The van der Waals surface area contributed by atoms with E-state index >= 15 is 0 Å². The second-order valence-electron chi connectivity index (χ2n) is 7.36. The molecule has 9 heteroatoms. The van der Waals surface area contributed by atoms with E-state index < -0.39 is 10.0 Å². The van der Waals surface area contributed by atoms with Gasteiger partial charge < -0.3 is 14.8 Å². The Hall–Kier alpha value is -3.07. The van der Waals surface area contributed by atoms with E-state index in [4.69, 9.17) is 21.1 Å². The van der Waals surface area contributed by atoms with Crippen molar-refractivity contribution in [2.24, 2.45) is 0 Å². The third kappa shape index (κ3) is 6.04. The number of nitrogens with zero attached hydrogens (tertiary/aromatic N) is 1. The molecule has 0 bridgehead atoms. The zero-order valence-electron chi connectivity index (χ0n) is 18.5. The van der Waals surface area contributed by atoms with E-state index in [2.05, 4.69) is 5.32 Å². The van der Waals surface area contributed by atoms with E-state index in [9.17, 15) is 13.2 Å². The van der Waals surface area contributed by atoms with Gasteiger partial charge in [0.15, 0.2) is 11.5 Å². The standard InChI is InChI=1S/C24H25ClN2O5S/c1-27(2)33(29,30)23-7-5-4-6-19(23)15-26-24(28)18-10-13-21(22(14-18)31-3)32-16-17-8-11-20(25)12-9-17/h4-14H,15-16H2,1-3H3,(H,26,28). The molecule has 174 valence electrons. The average molecular weight is 489 g/mol. The smallest absolute Gasteiger partial charge is 0.251 e. The molecule has 1 amide bonds. The summed E-state index contributed by atoms with van der Waals surface area (Å²) in [6.07, 6.45) is 0. The number of carbonyl (C=O) groups is 1. The Morgan fingerprint density at radius 2 is 1.70 bits per heavy atom. The van der Waals surface area contributed by atoms with Crippen molar-refractivity contribution < 1.29 is 22.7 Å². The van der Waals surface area contributed by atoms with Crippen molar-refractivity contribution in [2.75, 3.05) is 21.2 Å². The summed E-state index contributed by atoms with van der Waals surface area (Å²) in [5, 5.41) is 3.42. The number of rotatable bonds is 9. The number of ether oxygens (including phenoxy) is 2. The van der Waals surface area contributed by atoms with Gasteiger partial charge in [0.05, 0.1) is 12.0 Å². The molecule has 0 spiro atoms. The molecule has 0 saturated heterocycles. The van der Waals surface area contributed by atoms with Gasteiger partial charge in [-0.1, -0.05) is 41.9 Å². The van der Waals surface area contributed by atoms with E-state index in [1.165, 1.54) is 27.3 Å². The fourth-order valence-electron chi connectivity index (χ4n) is 3.05. The highest BCUT2D eigenvalue weighted by molar-refractivity contribution is 7.89. The Bertz CT molecular complexity index is 1230. The minimum absolute atomic E-state index is 0.0548. The second-order valence-corrected chi connectivity index (χ2v) is 9.92. The lowest BCUT2D eigenvalue weighted by atomic mass is 10.1. The maximum Gasteiger partial charge on any atom is 0.251 e. The van der Waals surface area contributed by atoms with Crippen molar-refractivity contribution in [1.29, 1.82) is 0 Å². The van der Waals surface area contributed by atoms with Gasteiger partial charge in [0.2, 0.25) is 10.0 Å². The summed E-state index contributed by atoms with van der Waals surface area (Å²) in [5.41, 5.74) is 1.79. The highest BCUT2D eigenvalue weighted by Crippen LogP contribution is 2.29. The molecule has 0 aliphatic heterocycles. The number of hydrogen-bond acceptors (Lipinski definition) is 5. The van der Waals surface area contributed by atoms with Crippen molar-refractivity contribution in [3.05, 3.63) is 88.4 Å². The second kappa shape index (κ2) is 10.7. The van der Waals surface area contributed by atoms with Crippen molar-refractivity contribution in [2.45, 2.75) is 18.0 Å². The number of sulfonamides is 1. The maximum absolute atomic E-state index is 12.7. The van der Waals surface area contributed by atoms with Gasteiger partial charge in [-0.2, -0.15) is 0 Å². The molecular formula is C24H25ClN2O5S. The molecule has 1 N–H and O–H groups in total. The number of amides is 1. The van der Waals surface area contributed by atoms with Crippen molar-refractivity contribution in [3.63, 3.8) is 0 Å². The molecule has 33 heavy (non-hydrogen) atoms. The van der Waals surface area contributed by atoms with Gasteiger partial charge in [-0.05, 0) is 47.5 Å². The molecule has 0 aliphatic rings. The molecule has 0 heterocycles. The predicted octanol–water partition coefficient (Wildman–Crippen LogP) is 4.11. The van der Waals surface area contributed by atoms with Gasteiger partial charge in [-0.3, -0.25) is 4.79 Å². The molecular weight excluding hydrogens is 464 g/mol. The average Bonchev–Trinajstić information content (AvgIpc) is 2.82. The lowest BCUT2D eigenvalue weighted by Gasteiger charge is -2.16. The van der Waals surface area contributed by atoms with Gasteiger partial charge in [0.1, 0.15) is 6.61 Å². The molecule has 0 saturated carbocycles. The van der Waals surface area contributed by atoms with Crippen LogP contribution in [0.3, 0.4) is 0 Å². The first kappa shape index (κ1) is 24.6. The van der Waals surface area contributed by atoms with Crippen LogP contribution in [0.15, 0.2) is 71.6 Å². The summed E-state index contributed by atoms with van der Waals surface area (Å²) >= 11 is 5.90. The third-order valence-electron chi connectivity index (χ3n) is 4.90. The Kier molecular flexibility index (Phi) is 7.97. The van der Waals surface area contributed by atoms with Crippen LogP contribution in [0.4, 0.5) is 0 Å². The molecule has 0 aliphatic carbocycles. The van der Waals surface area contributed by atoms with Crippen LogP contribution in [0, 0.1) is 0 Å². The first-order valence-electron chi connectivity index (χ1n) is 10.1. The van der Waals surface area contributed by atoms with Crippen LogP contribution in [0.1, 0.15) is 21.5 Å². The van der Waals surface area contributed by atoms with Gasteiger partial charge in [-0.25, -0.2) is 12.7 Å². The van der Waals surface area contributed by atoms with Crippen molar-refractivity contribution in [3.8, 4) is 11.5 Å². The summed E-state index contributed by atoms with van der Waals surface area (Å²) in [7, 11) is 0.796. The quantitative estimate of drug-likeness (QED) is 0.490. The van der Waals surface area contributed by atoms with E-state index in [0.29, 0.717) is 34.3 Å². The van der Waals surface area contributed by atoms with Crippen LogP contribution in [0.2, 0.25) is 5.02 Å². The number of carbonyl (C=O) groups excluding carboxylic acids is 1. The first-order chi connectivity index (χ1) is 15.7. The van der Waals surface area contributed by atoms with Crippen LogP contribution in [0.25, 0.3) is 0 Å². The molecule has 0 aromatic heterocycles. The molecule has 0 unspecified atom stereocenters. The van der Waals surface area contributed by atoms with Crippen LogP contribution in [0.5, 0.6) is 11.5 Å². The van der Waals surface area contributed by atoms with Crippen LogP contribution in [-0.2, 0) is 23.2 Å². The predicted molar refractivity (Wildman–Crippen MR) is 127 cm³/mol. The summed E-state index contributed by atoms with van der Waals surface area (Å²) in [6, 6.07) is 18.7. The topological polar surface area (TPSA) is 84.9 Å². The van der Waals surface area contributed by atoms with Crippen molar-refractivity contribution in [1.82, 2.24) is 9.62 Å². The molecule has 3 aromatic carbocycles. The molecule has 0 fully saturated rings. The summed E-state index contributed by atoms with van der Waals surface area (Å²) in [5.74, 6) is 0.535. The van der Waals surface area contributed by atoms with Crippen LogP contribution >= 0.6 is 11.6 Å². The molecule has 0 atom stereocenters. The number of nitrogens with one attached hydrogen (secondary N) is 1. The molecule has 7 nitrogen and oxygen atoms in total. The third-order valence-corrected chi connectivity index (χ3v) is 7.07. The zero-order valence-corrected chi connectivity index (χ0v) is 20.1. The molecule has 0 radical (unpaired) electrons. The number of halogens is 1. The zero-order chi connectivity index (χ0) is 24.0. The summed E-state index contributed by atoms with van der Waals surface area (Å²) in [4.78, 5) is 12.9. The van der Waals surface area contributed by atoms with Gasteiger partial charge in [-0.15, -0.1) is 0 Å². The Balaban J connectivity index is 1.70. The normalized spacial score (nSPS) is 11.3. The Labute approximate surface area is 198 Å². The van der Waals surface area contributed by atoms with Crippen molar-refractivity contribution >= 4 is 27.5 Å². The summed E-state index contributed by atoms with van der Waals surface area (Å²) in [6.45, 7) is 0.370. The Morgan fingerprint density at radius 3 is 2.36 bits per heavy atom. The lowest BCUT2D eigenvalue weighted by Crippen LogP contribution is -2.27. The maximum atomic E-state index is 12.7. The largest absolute Gasteiger partial charge is 0.493 e. The number of methoxy groups -OCH3 is 1. The highest BCUT2D eigenvalue weighted by atomic mass is 35.5. The van der Waals surface area contributed by atoms with Crippen LogP contribution < -0.4 is 14.8 Å². The molecule has 3 rings (SSSR count). The van der Waals surface area contributed by atoms with E-state index in [1.807, 2.05) is 12.1 Å². The summed E-state index contributed by atoms with van der Waals surface area (Å²) < 4.78 is 37.4. The minimum Gasteiger partial charge on any atom is -0.493 e. The number of benzene rings is 3. The minimum atomic E-state index is -3.63. The van der Waals surface area contributed by atoms with E-state index in [0.717, 1.165) is 9.87 Å². The van der Waals surface area contributed by atoms with E-state index in [1.54, 1.807) is 48.5 Å². The first-order valence-corrected chi connectivity index (χ1v) is 11.9. The fourth-order valence-corrected chi connectivity index (χ4v) is 4.29. The molecule has 3 aromatic rings. The highest BCUT2D eigenvalue weighted by Gasteiger charge is 2.21. The van der Waals surface area contributed by atoms with E-state index in [-0.39, 0.29) is 17.3 Å². The lowest BCUT2D eigenvalue weighted by molar-refractivity contribution is 0.0950. The Morgan fingerprint density at radius 1 is 1.00 bits per heavy atom. The van der Waals surface area contributed by atoms with Gasteiger partial charge in [0.25, 0.3) is 5.91 Å². The SMILES string of the molecule is COc1cc(C(=O)NCc2ccccc2S(=O)(=O)N(C)C)ccc1OCc1ccc(Cl)cc1. The van der Waals surface area contributed by atoms with Crippen LogP contribution in [-0.4, -0.2) is 39.8 Å². The van der Waals surface area contributed by atoms with Gasteiger partial charge in [0, 0.05) is 31.2 Å². The number of hydrogen-bond donors (Lipinski definition) is 1. The van der Waals surface area contributed by atoms with Gasteiger partial charge >= 0.3 is 0 Å². The fraction of sp³-hybridized carbons (Fsp3) is 0.208.